The number of amides is 2. The number of carbonyl (C=O) groups excluding carboxylic acids is 2. The van der Waals surface area contributed by atoms with Crippen molar-refractivity contribution in [1.82, 2.24) is 10.2 Å². The molecule has 0 bridgehead atoms. The summed E-state index contributed by atoms with van der Waals surface area (Å²) < 4.78 is 4.61. The first-order valence-corrected chi connectivity index (χ1v) is 9.78. The number of fused-ring (bicyclic) bond motifs is 1. The predicted molar refractivity (Wildman–Crippen MR) is 101 cm³/mol. The van der Waals surface area contributed by atoms with Crippen LogP contribution in [0.1, 0.15) is 43.7 Å². The van der Waals surface area contributed by atoms with Crippen LogP contribution in [0.15, 0.2) is 24.3 Å². The van der Waals surface area contributed by atoms with Gasteiger partial charge in [0.15, 0.2) is 0 Å². The van der Waals surface area contributed by atoms with Gasteiger partial charge in [0.05, 0.1) is 13.0 Å². The SMILES string of the molecule is CCC[C@H](CNC(=O)OC)C(=O)N1C[C@@H]2[C@H](C1)[C@H]2c1ccc(CC)cc1. The van der Waals surface area contributed by atoms with Gasteiger partial charge in [-0.3, -0.25) is 4.79 Å². The lowest BCUT2D eigenvalue weighted by Gasteiger charge is -2.25. The number of carbonyl (C=O) groups is 2. The van der Waals surface area contributed by atoms with E-state index in [0.29, 0.717) is 24.3 Å². The monoisotopic (exact) mass is 358 g/mol. The number of alkyl carbamates (subject to hydrolysis) is 1. The highest BCUT2D eigenvalue weighted by molar-refractivity contribution is 5.80. The van der Waals surface area contributed by atoms with Crippen LogP contribution in [0, 0.1) is 17.8 Å². The average Bonchev–Trinajstić information content (AvgIpc) is 3.17. The van der Waals surface area contributed by atoms with Crippen molar-refractivity contribution in [3.63, 3.8) is 0 Å². The molecule has 1 aromatic rings. The molecule has 1 aliphatic heterocycles. The number of nitrogens with one attached hydrogen (secondary N) is 1. The summed E-state index contributed by atoms with van der Waals surface area (Å²) in [5.74, 6) is 1.83. The van der Waals surface area contributed by atoms with E-state index in [4.69, 9.17) is 0 Å². The number of ether oxygens (including phenoxy) is 1. The summed E-state index contributed by atoms with van der Waals surface area (Å²) in [4.78, 5) is 26.2. The molecule has 0 spiro atoms. The molecule has 26 heavy (non-hydrogen) atoms. The van der Waals surface area contributed by atoms with Crippen molar-refractivity contribution in [2.24, 2.45) is 17.8 Å². The first-order chi connectivity index (χ1) is 12.6. The quantitative estimate of drug-likeness (QED) is 0.814. The molecule has 3 rings (SSSR count). The highest BCUT2D eigenvalue weighted by Gasteiger charge is 2.57. The molecule has 0 radical (unpaired) electrons. The number of hydrogen-bond acceptors (Lipinski definition) is 3. The first kappa shape index (κ1) is 18.7. The van der Waals surface area contributed by atoms with Crippen LogP contribution in [0.5, 0.6) is 0 Å². The molecule has 142 valence electrons. The van der Waals surface area contributed by atoms with Crippen molar-refractivity contribution >= 4 is 12.0 Å². The molecule has 0 unspecified atom stereocenters. The molecule has 2 aliphatic rings. The van der Waals surface area contributed by atoms with Crippen LogP contribution >= 0.6 is 0 Å². The van der Waals surface area contributed by atoms with E-state index in [1.165, 1.54) is 18.2 Å². The molecule has 4 atom stereocenters. The Labute approximate surface area is 156 Å². The molecule has 1 heterocycles. The number of nitrogens with zero attached hydrogens (tertiary/aromatic N) is 1. The lowest BCUT2D eigenvalue weighted by atomic mass is 10.0. The summed E-state index contributed by atoms with van der Waals surface area (Å²) in [6, 6.07) is 8.96. The minimum atomic E-state index is -0.473. The van der Waals surface area contributed by atoms with Crippen LogP contribution in [0.4, 0.5) is 4.79 Å². The first-order valence-electron chi connectivity index (χ1n) is 9.78. The third-order valence-electron chi connectivity index (χ3n) is 5.94. The highest BCUT2D eigenvalue weighted by atomic mass is 16.5. The number of piperidine rings is 1. The number of rotatable bonds is 7. The number of likely N-dealkylation sites (tertiary alicyclic amines) is 1. The van der Waals surface area contributed by atoms with Crippen molar-refractivity contribution in [2.45, 2.75) is 39.0 Å². The minimum Gasteiger partial charge on any atom is -0.453 e. The normalized spacial score (nSPS) is 24.7. The fourth-order valence-electron chi connectivity index (χ4n) is 4.37. The van der Waals surface area contributed by atoms with Crippen LogP contribution in [0.2, 0.25) is 0 Å². The third kappa shape index (κ3) is 3.87. The zero-order valence-corrected chi connectivity index (χ0v) is 16.0. The Morgan fingerprint density at radius 2 is 1.85 bits per heavy atom. The van der Waals surface area contributed by atoms with Crippen LogP contribution in [0.3, 0.4) is 0 Å². The van der Waals surface area contributed by atoms with Crippen LogP contribution in [0.25, 0.3) is 0 Å². The maximum atomic E-state index is 12.9. The molecule has 1 N–H and O–H groups in total. The van der Waals surface area contributed by atoms with Crippen molar-refractivity contribution in [2.75, 3.05) is 26.7 Å². The smallest absolute Gasteiger partial charge is 0.406 e. The molecule has 5 nitrogen and oxygen atoms in total. The lowest BCUT2D eigenvalue weighted by molar-refractivity contribution is -0.135. The summed E-state index contributed by atoms with van der Waals surface area (Å²) in [5, 5.41) is 2.68. The van der Waals surface area contributed by atoms with Crippen LogP contribution in [-0.2, 0) is 16.0 Å². The highest BCUT2D eigenvalue weighted by Crippen LogP contribution is 2.58. The number of aryl methyl sites for hydroxylation is 1. The molecule has 2 fully saturated rings. The van der Waals surface area contributed by atoms with Gasteiger partial charge < -0.3 is 15.0 Å². The van der Waals surface area contributed by atoms with E-state index < -0.39 is 6.09 Å². The van der Waals surface area contributed by atoms with E-state index in [1.54, 1.807) is 0 Å². The Balaban J connectivity index is 1.54. The Bertz CT molecular complexity index is 631. The van der Waals surface area contributed by atoms with Crippen molar-refractivity contribution in [1.29, 1.82) is 0 Å². The minimum absolute atomic E-state index is 0.154. The fraction of sp³-hybridized carbons (Fsp3) is 0.619. The molecule has 1 aliphatic carbocycles. The van der Waals surface area contributed by atoms with E-state index in [1.807, 2.05) is 4.90 Å². The van der Waals surface area contributed by atoms with E-state index in [0.717, 1.165) is 32.4 Å². The standard InChI is InChI=1S/C21H30N2O3/c1-4-6-16(11-22-21(25)26-3)20(24)23-12-17-18(13-23)19(17)15-9-7-14(5-2)8-10-15/h7-10,16-19H,4-6,11-13H2,1-3H3,(H,22,25)/t16-,17-,18+,19+/m1/s1. The second kappa shape index (κ2) is 8.11. The van der Waals surface area contributed by atoms with E-state index >= 15 is 0 Å². The second-order valence-electron chi connectivity index (χ2n) is 7.55. The van der Waals surface area contributed by atoms with Gasteiger partial charge in [-0.2, -0.15) is 0 Å². The van der Waals surface area contributed by atoms with Gasteiger partial charge in [-0.25, -0.2) is 4.79 Å². The van der Waals surface area contributed by atoms with Crippen molar-refractivity contribution < 1.29 is 14.3 Å². The van der Waals surface area contributed by atoms with Gasteiger partial charge in [0.2, 0.25) is 5.91 Å². The largest absolute Gasteiger partial charge is 0.453 e. The van der Waals surface area contributed by atoms with Gasteiger partial charge in [0.1, 0.15) is 0 Å². The Hall–Kier alpha value is -2.04. The zero-order valence-electron chi connectivity index (χ0n) is 16.0. The summed E-state index contributed by atoms with van der Waals surface area (Å²) in [6.45, 7) is 6.29. The van der Waals surface area contributed by atoms with Gasteiger partial charge in [0, 0.05) is 19.6 Å². The summed E-state index contributed by atoms with van der Waals surface area (Å²) in [7, 11) is 1.34. The molecule has 1 saturated carbocycles. The summed E-state index contributed by atoms with van der Waals surface area (Å²) in [5.41, 5.74) is 2.79. The molecule has 5 heteroatoms. The molecule has 1 aromatic carbocycles. The summed E-state index contributed by atoms with van der Waals surface area (Å²) >= 11 is 0. The number of benzene rings is 1. The lowest BCUT2D eigenvalue weighted by Crippen LogP contribution is -2.41. The average molecular weight is 358 g/mol. The van der Waals surface area contributed by atoms with E-state index in [2.05, 4.69) is 48.2 Å². The molecule has 1 saturated heterocycles. The van der Waals surface area contributed by atoms with Crippen LogP contribution < -0.4 is 5.32 Å². The van der Waals surface area contributed by atoms with Gasteiger partial charge in [-0.1, -0.05) is 44.5 Å². The second-order valence-corrected chi connectivity index (χ2v) is 7.55. The fourth-order valence-corrected chi connectivity index (χ4v) is 4.37. The van der Waals surface area contributed by atoms with Crippen molar-refractivity contribution in [3.8, 4) is 0 Å². The number of methoxy groups -OCH3 is 1. The van der Waals surface area contributed by atoms with Gasteiger partial charge in [-0.05, 0) is 41.7 Å². The molecular weight excluding hydrogens is 328 g/mol. The van der Waals surface area contributed by atoms with Gasteiger partial charge in [-0.15, -0.1) is 0 Å². The topological polar surface area (TPSA) is 58.6 Å². The van der Waals surface area contributed by atoms with E-state index in [9.17, 15) is 9.59 Å². The van der Waals surface area contributed by atoms with Gasteiger partial charge in [0.25, 0.3) is 0 Å². The maximum absolute atomic E-state index is 12.9. The van der Waals surface area contributed by atoms with Crippen molar-refractivity contribution in [3.05, 3.63) is 35.4 Å². The maximum Gasteiger partial charge on any atom is 0.406 e. The van der Waals surface area contributed by atoms with E-state index in [-0.39, 0.29) is 11.8 Å². The molecule has 2 amide bonds. The third-order valence-corrected chi connectivity index (χ3v) is 5.94. The Morgan fingerprint density at radius 3 is 2.38 bits per heavy atom. The van der Waals surface area contributed by atoms with Gasteiger partial charge >= 0.3 is 6.09 Å². The summed E-state index contributed by atoms with van der Waals surface area (Å²) in [6.07, 6.45) is 2.31. The number of hydrogen-bond donors (Lipinski definition) is 1. The Morgan fingerprint density at radius 1 is 1.19 bits per heavy atom. The van der Waals surface area contributed by atoms with Crippen LogP contribution in [-0.4, -0.2) is 43.6 Å². The Kier molecular flexibility index (Phi) is 5.84. The molecule has 0 aromatic heterocycles. The zero-order chi connectivity index (χ0) is 18.7. The molecular formula is C21H30N2O3. The predicted octanol–water partition coefficient (Wildman–Crippen LogP) is 3.19.